The summed E-state index contributed by atoms with van der Waals surface area (Å²) in [5.74, 6) is 0.168. The fraction of sp³-hybridized carbons (Fsp3) is 0.286. The van der Waals surface area contributed by atoms with Gasteiger partial charge in [-0.05, 0) is 58.3 Å². The van der Waals surface area contributed by atoms with Crippen LogP contribution in [-0.2, 0) is 14.5 Å². The SMILES string of the molecule is CC(C)C1OOC(C)(C)C(Nc2ccc3c4c(N)ccc5cccc(c6cccc2c63)c54)O1. The first-order chi connectivity index (χ1) is 15.8. The summed E-state index contributed by atoms with van der Waals surface area (Å²) >= 11 is 0. The van der Waals surface area contributed by atoms with Gasteiger partial charge in [-0.2, -0.15) is 0 Å². The molecule has 5 aromatic rings. The van der Waals surface area contributed by atoms with Crippen LogP contribution in [0.5, 0.6) is 0 Å². The van der Waals surface area contributed by atoms with Crippen LogP contribution in [-0.4, -0.2) is 18.1 Å². The summed E-state index contributed by atoms with van der Waals surface area (Å²) in [4.78, 5) is 11.2. The van der Waals surface area contributed by atoms with Crippen LogP contribution >= 0.6 is 0 Å². The van der Waals surface area contributed by atoms with E-state index in [2.05, 4.69) is 59.9 Å². The zero-order valence-electron chi connectivity index (χ0n) is 19.3. The zero-order valence-corrected chi connectivity index (χ0v) is 19.3. The second kappa shape index (κ2) is 7.19. The van der Waals surface area contributed by atoms with Crippen molar-refractivity contribution >= 4 is 54.5 Å². The molecule has 0 amide bonds. The van der Waals surface area contributed by atoms with Crippen molar-refractivity contribution in [3.63, 3.8) is 0 Å². The summed E-state index contributed by atoms with van der Waals surface area (Å²) in [6.45, 7) is 8.02. The highest BCUT2D eigenvalue weighted by Gasteiger charge is 2.41. The van der Waals surface area contributed by atoms with E-state index in [-0.39, 0.29) is 12.1 Å². The number of nitrogens with two attached hydrogens (primary N) is 1. The van der Waals surface area contributed by atoms with Gasteiger partial charge >= 0.3 is 0 Å². The maximum absolute atomic E-state index is 6.53. The molecule has 0 spiro atoms. The Morgan fingerprint density at radius 3 is 2.33 bits per heavy atom. The number of hydrogen-bond donors (Lipinski definition) is 2. The zero-order chi connectivity index (χ0) is 22.9. The second-order valence-electron chi connectivity index (χ2n) is 9.88. The largest absolute Gasteiger partial charge is 0.398 e. The van der Waals surface area contributed by atoms with Crippen molar-refractivity contribution in [2.24, 2.45) is 5.92 Å². The Balaban J connectivity index is 1.58. The normalized spacial score (nSPS) is 21.0. The molecule has 168 valence electrons. The molecule has 1 saturated heterocycles. The minimum Gasteiger partial charge on any atom is -0.398 e. The van der Waals surface area contributed by atoms with Gasteiger partial charge in [-0.1, -0.05) is 62.4 Å². The molecule has 2 atom stereocenters. The highest BCUT2D eigenvalue weighted by Crippen LogP contribution is 2.44. The molecule has 2 unspecified atom stereocenters. The van der Waals surface area contributed by atoms with Crippen LogP contribution < -0.4 is 11.1 Å². The van der Waals surface area contributed by atoms with E-state index in [0.29, 0.717) is 0 Å². The lowest BCUT2D eigenvalue weighted by atomic mass is 9.88. The van der Waals surface area contributed by atoms with E-state index >= 15 is 0 Å². The van der Waals surface area contributed by atoms with Crippen LogP contribution in [0.4, 0.5) is 11.4 Å². The van der Waals surface area contributed by atoms with Gasteiger partial charge in [0.25, 0.3) is 0 Å². The smallest absolute Gasteiger partial charge is 0.196 e. The maximum Gasteiger partial charge on any atom is 0.196 e. The van der Waals surface area contributed by atoms with Gasteiger partial charge in [0, 0.05) is 28.1 Å². The molecule has 33 heavy (non-hydrogen) atoms. The van der Waals surface area contributed by atoms with Crippen LogP contribution in [0.15, 0.2) is 60.7 Å². The molecule has 6 rings (SSSR count). The predicted molar refractivity (Wildman–Crippen MR) is 135 cm³/mol. The van der Waals surface area contributed by atoms with Gasteiger partial charge in [-0.25, -0.2) is 9.78 Å². The average molecular weight is 441 g/mol. The molecule has 1 heterocycles. The molecule has 5 heteroatoms. The minimum absolute atomic E-state index is 0.168. The third kappa shape index (κ3) is 3.04. The predicted octanol–water partition coefficient (Wildman–Crippen LogP) is 6.80. The van der Waals surface area contributed by atoms with Crippen LogP contribution in [0, 0.1) is 5.92 Å². The monoisotopic (exact) mass is 440 g/mol. The van der Waals surface area contributed by atoms with Crippen molar-refractivity contribution in [1.29, 1.82) is 0 Å². The number of anilines is 2. The highest BCUT2D eigenvalue weighted by atomic mass is 17.2. The Labute approximate surface area is 192 Å². The van der Waals surface area contributed by atoms with Crippen molar-refractivity contribution < 1.29 is 14.5 Å². The van der Waals surface area contributed by atoms with Gasteiger partial charge in [-0.3, -0.25) is 0 Å². The van der Waals surface area contributed by atoms with E-state index in [1.54, 1.807) is 0 Å². The molecule has 0 bridgehead atoms. The molecule has 5 aromatic carbocycles. The summed E-state index contributed by atoms with van der Waals surface area (Å²) in [5.41, 5.74) is 7.67. The molecular formula is C28H28N2O3. The lowest BCUT2D eigenvalue weighted by Gasteiger charge is -2.42. The van der Waals surface area contributed by atoms with Crippen molar-refractivity contribution in [3.8, 4) is 0 Å². The quantitative estimate of drug-likeness (QED) is 0.140. The van der Waals surface area contributed by atoms with Crippen molar-refractivity contribution in [2.45, 2.75) is 45.8 Å². The second-order valence-corrected chi connectivity index (χ2v) is 9.88. The van der Waals surface area contributed by atoms with Gasteiger partial charge in [0.2, 0.25) is 0 Å². The van der Waals surface area contributed by atoms with E-state index in [4.69, 9.17) is 20.2 Å². The van der Waals surface area contributed by atoms with Gasteiger partial charge in [0.15, 0.2) is 12.5 Å². The number of nitrogens with one attached hydrogen (secondary N) is 1. The van der Waals surface area contributed by atoms with Crippen LogP contribution in [0.1, 0.15) is 27.7 Å². The van der Waals surface area contributed by atoms with Crippen molar-refractivity contribution in [3.05, 3.63) is 60.7 Å². The van der Waals surface area contributed by atoms with Gasteiger partial charge < -0.3 is 15.8 Å². The van der Waals surface area contributed by atoms with Crippen LogP contribution in [0.25, 0.3) is 43.1 Å². The maximum atomic E-state index is 6.53. The molecular weight excluding hydrogens is 412 g/mol. The molecule has 0 aromatic heterocycles. The summed E-state index contributed by atoms with van der Waals surface area (Å²) < 4.78 is 6.26. The average Bonchev–Trinajstić information content (AvgIpc) is 2.80. The molecule has 1 aliphatic heterocycles. The molecule has 1 aliphatic rings. The third-order valence-electron chi connectivity index (χ3n) is 6.77. The van der Waals surface area contributed by atoms with Gasteiger partial charge in [0.1, 0.15) is 5.60 Å². The summed E-state index contributed by atoms with van der Waals surface area (Å²) in [5, 5.41) is 13.1. The first-order valence-corrected chi connectivity index (χ1v) is 11.5. The molecule has 0 aliphatic carbocycles. The van der Waals surface area contributed by atoms with Crippen molar-refractivity contribution in [2.75, 3.05) is 11.1 Å². The Morgan fingerprint density at radius 2 is 1.55 bits per heavy atom. The molecule has 0 radical (unpaired) electrons. The lowest BCUT2D eigenvalue weighted by molar-refractivity contribution is -0.485. The highest BCUT2D eigenvalue weighted by molar-refractivity contribution is 6.35. The summed E-state index contributed by atoms with van der Waals surface area (Å²) in [6.07, 6.45) is -0.806. The standard InChI is InChI=1S/C28H28N2O3/c1-15(2)26-31-27(28(3,4)33-32-26)30-22-14-12-20-24-18(9-6-10-19(22)24)17-8-5-7-16-11-13-21(29)25(20)23(16)17/h5-15,26-27,30H,29H2,1-4H3. The topological polar surface area (TPSA) is 65.7 Å². The van der Waals surface area contributed by atoms with Crippen LogP contribution in [0.3, 0.4) is 0 Å². The summed E-state index contributed by atoms with van der Waals surface area (Å²) in [7, 11) is 0. The number of fused-ring (bicyclic) bond motifs is 2. The third-order valence-corrected chi connectivity index (χ3v) is 6.77. The van der Waals surface area contributed by atoms with Gasteiger partial charge in [-0.15, -0.1) is 0 Å². The first-order valence-electron chi connectivity index (χ1n) is 11.5. The van der Waals surface area contributed by atoms with E-state index < -0.39 is 11.9 Å². The Kier molecular flexibility index (Phi) is 4.46. The molecule has 1 fully saturated rings. The number of nitrogen functional groups attached to an aromatic ring is 1. The van der Waals surface area contributed by atoms with E-state index in [0.717, 1.165) is 27.5 Å². The fourth-order valence-corrected chi connectivity index (χ4v) is 5.03. The number of ether oxygens (including phenoxy) is 1. The molecule has 5 nitrogen and oxygen atoms in total. The lowest BCUT2D eigenvalue weighted by Crippen LogP contribution is -2.54. The van der Waals surface area contributed by atoms with Crippen molar-refractivity contribution in [1.82, 2.24) is 0 Å². The Hall–Kier alpha value is -3.12. The molecule has 0 saturated carbocycles. The summed E-state index contributed by atoms with van der Waals surface area (Å²) in [6, 6.07) is 21.3. The fourth-order valence-electron chi connectivity index (χ4n) is 5.03. The van der Waals surface area contributed by atoms with Gasteiger partial charge in [0.05, 0.1) is 0 Å². The molecule has 3 N–H and O–H groups in total. The minimum atomic E-state index is -0.659. The number of benzene rings is 5. The first kappa shape index (κ1) is 20.5. The van der Waals surface area contributed by atoms with E-state index in [1.165, 1.54) is 26.9 Å². The number of hydrogen-bond acceptors (Lipinski definition) is 5. The Morgan fingerprint density at radius 1 is 0.818 bits per heavy atom. The van der Waals surface area contributed by atoms with E-state index in [9.17, 15) is 0 Å². The van der Waals surface area contributed by atoms with E-state index in [1.807, 2.05) is 33.8 Å². The Bertz CT molecular complexity index is 1510. The number of rotatable bonds is 3. The van der Waals surface area contributed by atoms with Crippen LogP contribution in [0.2, 0.25) is 0 Å².